The standard InChI is InChI=1S/C16H16N6/c17-14-13(11-7-3-1-4-8-11)15(22-18)21-16(20-14)19-12-9-5-2-6-10-12/h1-10H,18H2,(H4,17,19,20,21,22). The van der Waals surface area contributed by atoms with Crippen LogP contribution in [0.25, 0.3) is 11.1 Å². The Morgan fingerprint density at radius 2 is 1.45 bits per heavy atom. The van der Waals surface area contributed by atoms with E-state index in [2.05, 4.69) is 20.7 Å². The lowest BCUT2D eigenvalue weighted by Crippen LogP contribution is -2.13. The van der Waals surface area contributed by atoms with E-state index in [-0.39, 0.29) is 0 Å². The number of anilines is 4. The Morgan fingerprint density at radius 1 is 0.818 bits per heavy atom. The predicted molar refractivity (Wildman–Crippen MR) is 89.4 cm³/mol. The molecule has 6 heteroatoms. The maximum absolute atomic E-state index is 6.10. The monoisotopic (exact) mass is 292 g/mol. The lowest BCUT2D eigenvalue weighted by Gasteiger charge is -2.13. The molecule has 6 nitrogen and oxygen atoms in total. The Balaban J connectivity index is 2.01. The number of hydrogen-bond acceptors (Lipinski definition) is 6. The summed E-state index contributed by atoms with van der Waals surface area (Å²) in [5, 5.41) is 3.10. The Bertz CT molecular complexity index is 758. The molecule has 1 aromatic heterocycles. The van der Waals surface area contributed by atoms with Crippen LogP contribution in [-0.4, -0.2) is 9.97 Å². The fourth-order valence-electron chi connectivity index (χ4n) is 2.18. The van der Waals surface area contributed by atoms with Crippen LogP contribution in [0.1, 0.15) is 0 Å². The minimum Gasteiger partial charge on any atom is -0.383 e. The highest BCUT2D eigenvalue weighted by Crippen LogP contribution is 2.32. The molecule has 1 heterocycles. The van der Waals surface area contributed by atoms with Crippen molar-refractivity contribution in [1.29, 1.82) is 0 Å². The van der Waals surface area contributed by atoms with Crippen molar-refractivity contribution in [3.05, 3.63) is 60.7 Å². The molecule has 0 spiro atoms. The topological polar surface area (TPSA) is 102 Å². The van der Waals surface area contributed by atoms with E-state index < -0.39 is 0 Å². The van der Waals surface area contributed by atoms with Gasteiger partial charge in [-0.25, -0.2) is 5.84 Å². The van der Waals surface area contributed by atoms with E-state index in [0.717, 1.165) is 11.3 Å². The molecule has 2 aromatic carbocycles. The highest BCUT2D eigenvalue weighted by atomic mass is 15.3. The number of nitrogens with one attached hydrogen (secondary N) is 2. The molecule has 0 fully saturated rings. The van der Waals surface area contributed by atoms with E-state index in [1.54, 1.807) is 0 Å². The number of benzene rings is 2. The number of nitrogen functional groups attached to an aromatic ring is 2. The number of hydrogen-bond donors (Lipinski definition) is 4. The predicted octanol–water partition coefficient (Wildman–Crippen LogP) is 2.76. The van der Waals surface area contributed by atoms with Crippen LogP contribution in [0.3, 0.4) is 0 Å². The van der Waals surface area contributed by atoms with Gasteiger partial charge in [-0.2, -0.15) is 9.97 Å². The zero-order valence-corrected chi connectivity index (χ0v) is 11.8. The van der Waals surface area contributed by atoms with Crippen molar-refractivity contribution >= 4 is 23.3 Å². The van der Waals surface area contributed by atoms with Gasteiger partial charge in [-0.1, -0.05) is 48.5 Å². The molecule has 0 aliphatic rings. The number of rotatable bonds is 4. The molecule has 110 valence electrons. The summed E-state index contributed by atoms with van der Waals surface area (Å²) in [6.45, 7) is 0. The molecule has 0 saturated heterocycles. The van der Waals surface area contributed by atoms with Gasteiger partial charge in [0.15, 0.2) is 5.82 Å². The Morgan fingerprint density at radius 3 is 2.09 bits per heavy atom. The van der Waals surface area contributed by atoms with Gasteiger partial charge < -0.3 is 16.5 Å². The smallest absolute Gasteiger partial charge is 0.231 e. The molecule has 22 heavy (non-hydrogen) atoms. The molecule has 3 aromatic rings. The molecule has 0 amide bonds. The first kappa shape index (κ1) is 13.8. The number of para-hydroxylation sites is 1. The number of hydrazine groups is 1. The van der Waals surface area contributed by atoms with Crippen LogP contribution in [-0.2, 0) is 0 Å². The van der Waals surface area contributed by atoms with Crippen molar-refractivity contribution < 1.29 is 0 Å². The normalized spacial score (nSPS) is 10.2. The first-order chi connectivity index (χ1) is 10.8. The second kappa shape index (κ2) is 6.11. The summed E-state index contributed by atoms with van der Waals surface area (Å²) >= 11 is 0. The van der Waals surface area contributed by atoms with Crippen LogP contribution in [0.4, 0.5) is 23.3 Å². The van der Waals surface area contributed by atoms with E-state index >= 15 is 0 Å². The zero-order chi connectivity index (χ0) is 15.4. The molecule has 0 radical (unpaired) electrons. The first-order valence-corrected chi connectivity index (χ1v) is 6.79. The largest absolute Gasteiger partial charge is 0.383 e. The molecular formula is C16H16N6. The van der Waals surface area contributed by atoms with Crippen LogP contribution >= 0.6 is 0 Å². The number of nitrogens with zero attached hydrogens (tertiary/aromatic N) is 2. The third-order valence-corrected chi connectivity index (χ3v) is 3.17. The highest BCUT2D eigenvalue weighted by Gasteiger charge is 2.13. The average Bonchev–Trinajstić information content (AvgIpc) is 2.56. The van der Waals surface area contributed by atoms with E-state index in [9.17, 15) is 0 Å². The molecule has 3 rings (SSSR count). The third kappa shape index (κ3) is 2.82. The molecule has 0 aliphatic heterocycles. The van der Waals surface area contributed by atoms with Gasteiger partial charge in [-0.3, -0.25) is 0 Å². The molecular weight excluding hydrogens is 276 g/mol. The second-order valence-electron chi connectivity index (χ2n) is 4.66. The maximum atomic E-state index is 6.10. The summed E-state index contributed by atoms with van der Waals surface area (Å²) in [5.74, 6) is 6.80. The van der Waals surface area contributed by atoms with Crippen molar-refractivity contribution in [2.75, 3.05) is 16.5 Å². The summed E-state index contributed by atoms with van der Waals surface area (Å²) < 4.78 is 0. The summed E-state index contributed by atoms with van der Waals surface area (Å²) in [7, 11) is 0. The van der Waals surface area contributed by atoms with Crippen molar-refractivity contribution in [1.82, 2.24) is 9.97 Å². The van der Waals surface area contributed by atoms with Crippen molar-refractivity contribution in [3.8, 4) is 11.1 Å². The van der Waals surface area contributed by atoms with E-state index in [4.69, 9.17) is 11.6 Å². The van der Waals surface area contributed by atoms with Crippen molar-refractivity contribution in [2.24, 2.45) is 5.84 Å². The Hall–Kier alpha value is -3.12. The maximum Gasteiger partial charge on any atom is 0.231 e. The van der Waals surface area contributed by atoms with Gasteiger partial charge in [0.25, 0.3) is 0 Å². The van der Waals surface area contributed by atoms with Crippen molar-refractivity contribution in [3.63, 3.8) is 0 Å². The fourth-order valence-corrected chi connectivity index (χ4v) is 2.18. The van der Waals surface area contributed by atoms with Gasteiger partial charge in [-0.15, -0.1) is 0 Å². The third-order valence-electron chi connectivity index (χ3n) is 3.17. The minimum absolute atomic E-state index is 0.354. The molecule has 0 unspecified atom stereocenters. The summed E-state index contributed by atoms with van der Waals surface area (Å²) in [6, 6.07) is 19.3. The van der Waals surface area contributed by atoms with Crippen LogP contribution in [0, 0.1) is 0 Å². The van der Waals surface area contributed by atoms with Gasteiger partial charge >= 0.3 is 0 Å². The molecule has 0 bridgehead atoms. The Kier molecular flexibility index (Phi) is 3.84. The van der Waals surface area contributed by atoms with Gasteiger partial charge in [0.2, 0.25) is 5.95 Å². The van der Waals surface area contributed by atoms with E-state index in [1.165, 1.54) is 0 Å². The van der Waals surface area contributed by atoms with Gasteiger partial charge in [0, 0.05) is 5.69 Å². The highest BCUT2D eigenvalue weighted by molar-refractivity contribution is 5.84. The number of nitrogens with two attached hydrogens (primary N) is 2. The zero-order valence-electron chi connectivity index (χ0n) is 11.8. The lowest BCUT2D eigenvalue weighted by atomic mass is 10.1. The Labute approximate surface area is 128 Å². The number of aromatic nitrogens is 2. The first-order valence-electron chi connectivity index (χ1n) is 6.79. The van der Waals surface area contributed by atoms with Crippen LogP contribution in [0.5, 0.6) is 0 Å². The summed E-state index contributed by atoms with van der Waals surface area (Å²) in [6.07, 6.45) is 0. The summed E-state index contributed by atoms with van der Waals surface area (Å²) in [5.41, 5.74) is 11.1. The quantitative estimate of drug-likeness (QED) is 0.435. The molecule has 0 aliphatic carbocycles. The van der Waals surface area contributed by atoms with E-state index in [1.807, 2.05) is 60.7 Å². The van der Waals surface area contributed by atoms with Gasteiger partial charge in [-0.05, 0) is 17.7 Å². The molecule has 6 N–H and O–H groups in total. The van der Waals surface area contributed by atoms with E-state index in [0.29, 0.717) is 23.1 Å². The van der Waals surface area contributed by atoms with Crippen LogP contribution in [0.2, 0.25) is 0 Å². The van der Waals surface area contributed by atoms with Crippen molar-refractivity contribution in [2.45, 2.75) is 0 Å². The summed E-state index contributed by atoms with van der Waals surface area (Å²) in [4.78, 5) is 8.70. The van der Waals surface area contributed by atoms with Crippen LogP contribution < -0.4 is 22.3 Å². The van der Waals surface area contributed by atoms with Gasteiger partial charge in [0.1, 0.15) is 5.82 Å². The average molecular weight is 292 g/mol. The second-order valence-corrected chi connectivity index (χ2v) is 4.66. The van der Waals surface area contributed by atoms with Gasteiger partial charge in [0.05, 0.1) is 5.56 Å². The SMILES string of the molecule is NNc1nc(Nc2ccccc2)nc(N)c1-c1ccccc1. The molecule has 0 atom stereocenters. The lowest BCUT2D eigenvalue weighted by molar-refractivity contribution is 1.15. The minimum atomic E-state index is 0.354. The van der Waals surface area contributed by atoms with Crippen LogP contribution in [0.15, 0.2) is 60.7 Å². The fraction of sp³-hybridized carbons (Fsp3) is 0. The molecule has 0 saturated carbocycles.